The smallest absolute Gasteiger partial charge is 0.245 e. The fourth-order valence-corrected chi connectivity index (χ4v) is 2.19. The van der Waals surface area contributed by atoms with Crippen LogP contribution in [0.15, 0.2) is 23.2 Å². The number of aryl methyl sites for hydroxylation is 1. The number of ether oxygens (including phenoxy) is 2. The lowest BCUT2D eigenvalue weighted by Crippen LogP contribution is -2.55. The van der Waals surface area contributed by atoms with Gasteiger partial charge in [-0.15, -0.1) is 0 Å². The number of aliphatic imine (C=N–C) groups is 1. The Morgan fingerprint density at radius 1 is 1.55 bits per heavy atom. The second-order valence-electron chi connectivity index (χ2n) is 4.95. The van der Waals surface area contributed by atoms with Crippen LogP contribution in [-0.2, 0) is 11.2 Å². The fraction of sp³-hybridized carbons (Fsp3) is 0.429. The van der Waals surface area contributed by atoms with Gasteiger partial charge in [0.05, 0.1) is 7.11 Å². The van der Waals surface area contributed by atoms with Crippen molar-refractivity contribution in [2.24, 2.45) is 10.7 Å². The number of methoxy groups -OCH3 is 1. The van der Waals surface area contributed by atoms with Crippen LogP contribution in [0.4, 0.5) is 0 Å². The van der Waals surface area contributed by atoms with Crippen LogP contribution in [0.25, 0.3) is 0 Å². The zero-order valence-electron chi connectivity index (χ0n) is 11.9. The summed E-state index contributed by atoms with van der Waals surface area (Å²) < 4.78 is 11.1. The van der Waals surface area contributed by atoms with Crippen molar-refractivity contribution in [3.8, 4) is 11.5 Å². The van der Waals surface area contributed by atoms with Gasteiger partial charge in [0.25, 0.3) is 0 Å². The monoisotopic (exact) mass is 277 g/mol. The van der Waals surface area contributed by atoms with Gasteiger partial charge in [0.1, 0.15) is 11.5 Å². The summed E-state index contributed by atoms with van der Waals surface area (Å²) in [5, 5.41) is 2.95. The van der Waals surface area contributed by atoms with Crippen LogP contribution in [0, 0.1) is 0 Å². The number of amides is 1. The first kappa shape index (κ1) is 14.2. The fourth-order valence-electron chi connectivity index (χ4n) is 2.19. The Morgan fingerprint density at radius 2 is 2.30 bits per heavy atom. The molecule has 0 saturated carbocycles. The highest BCUT2D eigenvalue weighted by atomic mass is 16.5. The number of nitrogens with one attached hydrogen (secondary N) is 1. The van der Waals surface area contributed by atoms with Crippen molar-refractivity contribution in [1.82, 2.24) is 5.32 Å². The molecule has 0 saturated heterocycles. The first-order chi connectivity index (χ1) is 9.42. The van der Waals surface area contributed by atoms with Crippen molar-refractivity contribution in [1.29, 1.82) is 0 Å². The summed E-state index contributed by atoms with van der Waals surface area (Å²) in [7, 11) is 1.61. The second kappa shape index (κ2) is 5.40. The third kappa shape index (κ3) is 3.20. The molecule has 1 heterocycles. The summed E-state index contributed by atoms with van der Waals surface area (Å²) in [6, 6.07) is 5.73. The van der Waals surface area contributed by atoms with Crippen LogP contribution < -0.4 is 20.5 Å². The standard InChI is InChI=1S/C14H19N3O3/c1-9(18)16-13(15)17-14(2)7-6-10-4-5-11(19-3)8-12(10)20-14/h4-5,8H,6-7H2,1-3H3,(H3,15,16,17,18). The summed E-state index contributed by atoms with van der Waals surface area (Å²) in [6.45, 7) is 3.22. The lowest BCUT2D eigenvalue weighted by atomic mass is 9.99. The molecule has 1 atom stereocenters. The second-order valence-corrected chi connectivity index (χ2v) is 4.95. The van der Waals surface area contributed by atoms with Crippen molar-refractivity contribution in [2.75, 3.05) is 7.11 Å². The van der Waals surface area contributed by atoms with Gasteiger partial charge in [-0.1, -0.05) is 6.07 Å². The number of fused-ring (bicyclic) bond motifs is 1. The minimum absolute atomic E-state index is 0.0614. The van der Waals surface area contributed by atoms with Gasteiger partial charge < -0.3 is 20.5 Å². The zero-order valence-corrected chi connectivity index (χ0v) is 11.9. The zero-order chi connectivity index (χ0) is 14.8. The Bertz CT molecular complexity index is 557. The highest BCUT2D eigenvalue weighted by Gasteiger charge is 2.32. The van der Waals surface area contributed by atoms with Gasteiger partial charge in [-0.25, -0.2) is 0 Å². The third-order valence-electron chi connectivity index (χ3n) is 3.15. The van der Waals surface area contributed by atoms with E-state index in [1.165, 1.54) is 6.92 Å². The van der Waals surface area contributed by atoms with E-state index in [2.05, 4.69) is 10.3 Å². The topological polar surface area (TPSA) is 85.9 Å². The van der Waals surface area contributed by atoms with E-state index < -0.39 is 5.72 Å². The van der Waals surface area contributed by atoms with Gasteiger partial charge in [-0.2, -0.15) is 4.99 Å². The summed E-state index contributed by atoms with van der Waals surface area (Å²) in [5.74, 6) is 1.20. The van der Waals surface area contributed by atoms with Gasteiger partial charge in [0.2, 0.25) is 5.91 Å². The first-order valence-electron chi connectivity index (χ1n) is 6.41. The summed E-state index contributed by atoms with van der Waals surface area (Å²) in [5.41, 5.74) is 6.11. The van der Waals surface area contributed by atoms with Crippen LogP contribution in [0.5, 0.6) is 11.5 Å². The Balaban J connectivity index is 2.18. The predicted molar refractivity (Wildman–Crippen MR) is 75.8 cm³/mol. The molecule has 1 aliphatic rings. The van der Waals surface area contributed by atoms with Crippen molar-refractivity contribution in [2.45, 2.75) is 32.4 Å². The molecule has 3 N–H and O–H groups in total. The molecule has 0 aliphatic carbocycles. The average Bonchev–Trinajstić information content (AvgIpc) is 2.36. The number of carbonyl (C=O) groups is 1. The summed E-state index contributed by atoms with van der Waals surface area (Å²) in [6.07, 6.45) is 1.57. The average molecular weight is 277 g/mol. The lowest BCUT2D eigenvalue weighted by Gasteiger charge is -2.36. The predicted octanol–water partition coefficient (Wildman–Crippen LogP) is 1.19. The molecule has 0 bridgehead atoms. The Labute approximate surface area is 118 Å². The maximum absolute atomic E-state index is 10.9. The van der Waals surface area contributed by atoms with Crippen LogP contribution in [-0.4, -0.2) is 24.7 Å². The first-order valence-corrected chi connectivity index (χ1v) is 6.41. The highest BCUT2D eigenvalue weighted by molar-refractivity contribution is 5.91. The Morgan fingerprint density at radius 3 is 2.95 bits per heavy atom. The SMILES string of the molecule is COc1ccc2c(c1)OC(C)(NC(N)=NC(C)=O)CC2. The number of carbonyl (C=O) groups excluding carboxylic acids is 1. The number of hydrogen-bond acceptors (Lipinski definition) is 3. The van der Waals surface area contributed by atoms with Crippen LogP contribution in [0.2, 0.25) is 0 Å². The van der Waals surface area contributed by atoms with E-state index in [1.807, 2.05) is 25.1 Å². The van der Waals surface area contributed by atoms with E-state index in [-0.39, 0.29) is 11.9 Å². The molecule has 0 aromatic heterocycles. The van der Waals surface area contributed by atoms with Crippen molar-refractivity contribution in [3.05, 3.63) is 23.8 Å². The lowest BCUT2D eigenvalue weighted by molar-refractivity contribution is -0.115. The van der Waals surface area contributed by atoms with E-state index in [0.717, 1.165) is 29.9 Å². The number of hydrogen-bond donors (Lipinski definition) is 2. The number of benzene rings is 1. The molecule has 0 spiro atoms. The molecular formula is C14H19N3O3. The highest BCUT2D eigenvalue weighted by Crippen LogP contribution is 2.34. The van der Waals surface area contributed by atoms with E-state index in [1.54, 1.807) is 7.11 Å². The number of nitrogens with zero attached hydrogens (tertiary/aromatic N) is 1. The van der Waals surface area contributed by atoms with E-state index in [0.29, 0.717) is 0 Å². The van der Waals surface area contributed by atoms with E-state index in [4.69, 9.17) is 15.2 Å². The molecule has 6 heteroatoms. The molecule has 20 heavy (non-hydrogen) atoms. The Hall–Kier alpha value is -2.24. The summed E-state index contributed by atoms with van der Waals surface area (Å²) >= 11 is 0. The molecular weight excluding hydrogens is 258 g/mol. The molecule has 6 nitrogen and oxygen atoms in total. The third-order valence-corrected chi connectivity index (χ3v) is 3.15. The molecule has 0 fully saturated rings. The van der Waals surface area contributed by atoms with Crippen molar-refractivity contribution < 1.29 is 14.3 Å². The van der Waals surface area contributed by atoms with Gasteiger partial charge in [-0.05, 0) is 25.0 Å². The van der Waals surface area contributed by atoms with Crippen LogP contribution in [0.1, 0.15) is 25.8 Å². The molecule has 1 aromatic carbocycles. The Kier molecular flexibility index (Phi) is 3.83. The quantitative estimate of drug-likeness (QED) is 0.626. The van der Waals surface area contributed by atoms with Crippen molar-refractivity contribution in [3.63, 3.8) is 0 Å². The van der Waals surface area contributed by atoms with Gasteiger partial charge in [0, 0.05) is 19.4 Å². The normalized spacial score (nSPS) is 21.6. The molecule has 2 rings (SSSR count). The number of nitrogens with two attached hydrogens (primary N) is 1. The van der Waals surface area contributed by atoms with Gasteiger partial charge in [0.15, 0.2) is 11.7 Å². The van der Waals surface area contributed by atoms with Crippen LogP contribution in [0.3, 0.4) is 0 Å². The van der Waals surface area contributed by atoms with E-state index >= 15 is 0 Å². The van der Waals surface area contributed by atoms with Gasteiger partial charge >= 0.3 is 0 Å². The number of rotatable bonds is 2. The molecule has 1 aliphatic heterocycles. The molecule has 1 amide bonds. The molecule has 108 valence electrons. The molecule has 0 radical (unpaired) electrons. The minimum atomic E-state index is -0.692. The minimum Gasteiger partial charge on any atom is -0.497 e. The maximum Gasteiger partial charge on any atom is 0.245 e. The molecule has 1 unspecified atom stereocenters. The van der Waals surface area contributed by atoms with Crippen molar-refractivity contribution >= 4 is 11.9 Å². The maximum atomic E-state index is 10.9. The van der Waals surface area contributed by atoms with E-state index in [9.17, 15) is 4.79 Å². The van der Waals surface area contributed by atoms with Gasteiger partial charge in [-0.3, -0.25) is 4.79 Å². The van der Waals surface area contributed by atoms with Crippen LogP contribution >= 0.6 is 0 Å². The number of guanidine groups is 1. The largest absolute Gasteiger partial charge is 0.497 e. The summed E-state index contributed by atoms with van der Waals surface area (Å²) in [4.78, 5) is 14.6. The molecule has 1 aromatic rings.